The molecule has 10 heteroatoms. The molecule has 5 amide bonds. The van der Waals surface area contributed by atoms with Crippen LogP contribution in [0.2, 0.25) is 0 Å². The van der Waals surface area contributed by atoms with Crippen LogP contribution in [-0.4, -0.2) is 59.6 Å². The summed E-state index contributed by atoms with van der Waals surface area (Å²) in [5.74, 6) is -0.129. The Kier molecular flexibility index (Phi) is 10.5. The summed E-state index contributed by atoms with van der Waals surface area (Å²) in [5.41, 5.74) is 5.27. The lowest BCUT2D eigenvalue weighted by Gasteiger charge is -2.35. The van der Waals surface area contributed by atoms with Gasteiger partial charge in [-0.05, 0) is 49.9 Å². The first kappa shape index (κ1) is 29.0. The van der Waals surface area contributed by atoms with E-state index in [1.165, 1.54) is 12.2 Å². The van der Waals surface area contributed by atoms with Crippen LogP contribution in [-0.2, 0) is 19.2 Å². The van der Waals surface area contributed by atoms with Gasteiger partial charge in [0.05, 0.1) is 5.70 Å². The number of fused-ring (bicyclic) bond motifs is 1. The van der Waals surface area contributed by atoms with E-state index in [9.17, 15) is 24.0 Å². The van der Waals surface area contributed by atoms with Crippen molar-refractivity contribution in [3.05, 3.63) is 24.4 Å². The van der Waals surface area contributed by atoms with Crippen molar-refractivity contribution in [3.63, 3.8) is 0 Å². The number of hydrogen-bond acceptors (Lipinski definition) is 5. The fourth-order valence-corrected chi connectivity index (χ4v) is 6.12. The van der Waals surface area contributed by atoms with Crippen molar-refractivity contribution >= 4 is 29.5 Å². The number of carbonyl (C=O) groups excluding carboxylic acids is 5. The van der Waals surface area contributed by atoms with E-state index in [-0.39, 0.29) is 42.3 Å². The number of primary amides is 1. The van der Waals surface area contributed by atoms with Gasteiger partial charge in [0.15, 0.2) is 0 Å². The predicted molar refractivity (Wildman–Crippen MR) is 142 cm³/mol. The van der Waals surface area contributed by atoms with Crippen LogP contribution in [0, 0.1) is 30.1 Å². The number of unbranched alkanes of at least 4 members (excludes halogenated alkanes) is 1. The molecular weight excluding hydrogens is 486 g/mol. The molecular formula is C28H39N5O5. The molecule has 0 aromatic carbocycles. The Morgan fingerprint density at radius 2 is 1.82 bits per heavy atom. The fraction of sp³-hybridized carbons (Fsp3) is 0.607. The highest BCUT2D eigenvalue weighted by atomic mass is 16.2. The second-order valence-corrected chi connectivity index (χ2v) is 10.4. The maximum absolute atomic E-state index is 13.9. The van der Waals surface area contributed by atoms with Crippen LogP contribution >= 0.6 is 0 Å². The van der Waals surface area contributed by atoms with Crippen LogP contribution < -0.4 is 21.7 Å². The minimum atomic E-state index is -0.897. The molecule has 10 nitrogen and oxygen atoms in total. The van der Waals surface area contributed by atoms with E-state index < -0.39 is 35.7 Å². The second-order valence-electron chi connectivity index (χ2n) is 10.4. The summed E-state index contributed by atoms with van der Waals surface area (Å²) in [6.45, 7) is 4.01. The van der Waals surface area contributed by atoms with Gasteiger partial charge < -0.3 is 26.6 Å². The number of hydrogen-bond donors (Lipinski definition) is 4. The lowest BCUT2D eigenvalue weighted by molar-refractivity contribution is -0.142. The topological polar surface area (TPSA) is 151 Å². The molecule has 1 saturated heterocycles. The zero-order valence-electron chi connectivity index (χ0n) is 21.9. The Hall–Kier alpha value is -3.61. The number of urea groups is 1. The summed E-state index contributed by atoms with van der Waals surface area (Å²) in [7, 11) is 0. The quantitative estimate of drug-likeness (QED) is 0.106. The normalized spacial score (nSPS) is 24.0. The highest BCUT2D eigenvalue weighted by Crippen LogP contribution is 2.43. The number of Topliss-reactive ketones (excluding diaryl/α,β-unsaturated/α-hetero) is 1. The van der Waals surface area contributed by atoms with E-state index in [1.54, 1.807) is 4.90 Å². The number of allylic oxidation sites excluding steroid dienone is 1. The summed E-state index contributed by atoms with van der Waals surface area (Å²) in [6.07, 6.45) is 16.0. The number of ketones is 1. The van der Waals surface area contributed by atoms with E-state index in [0.717, 1.165) is 51.4 Å². The van der Waals surface area contributed by atoms with Gasteiger partial charge in [-0.2, -0.15) is 0 Å². The van der Waals surface area contributed by atoms with Gasteiger partial charge in [-0.25, -0.2) is 4.79 Å². The van der Waals surface area contributed by atoms with Crippen molar-refractivity contribution in [1.29, 1.82) is 0 Å². The third kappa shape index (κ3) is 7.03. The Bertz CT molecular complexity index is 1010. The number of nitrogens with zero attached hydrogens (tertiary/aromatic N) is 1. The smallest absolute Gasteiger partial charge is 0.312 e. The minimum Gasteiger partial charge on any atom is -0.352 e. The van der Waals surface area contributed by atoms with E-state index in [2.05, 4.69) is 28.4 Å². The van der Waals surface area contributed by atoms with Crippen molar-refractivity contribution < 1.29 is 24.0 Å². The SMILES string of the molecule is C#CCC/C=C(\NC(=O)[C@@H]1[C@H]2CCC[C@H]2CN1C(=O)[C@@H](NC(N)=O)C1CCCCC1)C(=O)C(=O)NCC=C. The molecule has 1 aliphatic heterocycles. The minimum absolute atomic E-state index is 0.0535. The first-order valence-electron chi connectivity index (χ1n) is 13.5. The van der Waals surface area contributed by atoms with E-state index in [0.29, 0.717) is 13.0 Å². The number of amides is 5. The molecule has 0 bridgehead atoms. The van der Waals surface area contributed by atoms with Crippen LogP contribution in [0.3, 0.4) is 0 Å². The third-order valence-electron chi connectivity index (χ3n) is 7.88. The van der Waals surface area contributed by atoms with Gasteiger partial charge in [0.25, 0.3) is 11.7 Å². The molecule has 0 aromatic heterocycles. The average Bonchev–Trinajstić information content (AvgIpc) is 3.51. The van der Waals surface area contributed by atoms with Crippen molar-refractivity contribution in [2.45, 2.75) is 76.3 Å². The first-order chi connectivity index (χ1) is 18.3. The van der Waals surface area contributed by atoms with E-state index >= 15 is 0 Å². The Morgan fingerprint density at radius 3 is 2.47 bits per heavy atom. The molecule has 3 aliphatic rings. The summed E-state index contributed by atoms with van der Waals surface area (Å²) < 4.78 is 0. The van der Waals surface area contributed by atoms with E-state index in [4.69, 9.17) is 12.2 Å². The lowest BCUT2D eigenvalue weighted by atomic mass is 9.83. The summed E-state index contributed by atoms with van der Waals surface area (Å²) in [4.78, 5) is 66.2. The number of nitrogens with two attached hydrogens (primary N) is 1. The standard InChI is InChI=1S/C28H39N5O5/c1-3-5-7-15-21(24(34)26(36)30-16-4-2)31-25(35)23-20-14-10-13-19(20)17-33(23)27(37)22(32-28(29)38)18-11-8-6-9-12-18/h1,4,15,18-20,22-23H,2,5-14,16-17H2,(H,30,36)(H,31,35)(H3,29,32,38)/b21-15-/t19-,20-,22-,23-/m0/s1. The van der Waals surface area contributed by atoms with Gasteiger partial charge >= 0.3 is 6.03 Å². The van der Waals surface area contributed by atoms with Crippen molar-refractivity contribution in [3.8, 4) is 12.3 Å². The molecule has 2 saturated carbocycles. The third-order valence-corrected chi connectivity index (χ3v) is 7.88. The zero-order chi connectivity index (χ0) is 27.7. The van der Waals surface area contributed by atoms with Crippen LogP contribution in [0.5, 0.6) is 0 Å². The molecule has 206 valence electrons. The predicted octanol–water partition coefficient (Wildman–Crippen LogP) is 1.52. The number of rotatable bonds is 11. The van der Waals surface area contributed by atoms with Crippen molar-refractivity contribution in [2.75, 3.05) is 13.1 Å². The van der Waals surface area contributed by atoms with Gasteiger partial charge in [0.2, 0.25) is 11.8 Å². The van der Waals surface area contributed by atoms with Gasteiger partial charge in [-0.15, -0.1) is 18.9 Å². The second kappa shape index (κ2) is 13.8. The molecule has 0 radical (unpaired) electrons. The summed E-state index contributed by atoms with van der Waals surface area (Å²) >= 11 is 0. The van der Waals surface area contributed by atoms with Gasteiger partial charge in [0.1, 0.15) is 12.1 Å². The van der Waals surface area contributed by atoms with Gasteiger partial charge in [-0.1, -0.05) is 37.8 Å². The average molecular weight is 526 g/mol. The molecule has 2 aliphatic carbocycles. The number of likely N-dealkylation sites (tertiary alicyclic amines) is 1. The molecule has 3 rings (SSSR count). The highest BCUT2D eigenvalue weighted by Gasteiger charge is 2.51. The summed E-state index contributed by atoms with van der Waals surface area (Å²) in [6, 6.07) is -2.40. The van der Waals surface area contributed by atoms with Crippen LogP contribution in [0.25, 0.3) is 0 Å². The largest absolute Gasteiger partial charge is 0.352 e. The Morgan fingerprint density at radius 1 is 1.08 bits per heavy atom. The van der Waals surface area contributed by atoms with Gasteiger partial charge in [-0.3, -0.25) is 19.2 Å². The van der Waals surface area contributed by atoms with Crippen LogP contribution in [0.15, 0.2) is 24.4 Å². The molecule has 0 unspecified atom stereocenters. The Balaban J connectivity index is 1.85. The summed E-state index contributed by atoms with van der Waals surface area (Å²) in [5, 5.41) is 7.72. The molecule has 0 aromatic rings. The van der Waals surface area contributed by atoms with Crippen molar-refractivity contribution in [2.24, 2.45) is 23.5 Å². The van der Waals surface area contributed by atoms with Crippen LogP contribution in [0.1, 0.15) is 64.2 Å². The number of terminal acetylenes is 1. The number of nitrogens with one attached hydrogen (secondary N) is 3. The zero-order valence-corrected chi connectivity index (χ0v) is 21.9. The number of carbonyl (C=O) groups is 5. The van der Waals surface area contributed by atoms with Crippen LogP contribution in [0.4, 0.5) is 4.79 Å². The van der Waals surface area contributed by atoms with E-state index in [1.807, 2.05) is 0 Å². The maximum Gasteiger partial charge on any atom is 0.312 e. The lowest BCUT2D eigenvalue weighted by Crippen LogP contribution is -2.58. The van der Waals surface area contributed by atoms with Gasteiger partial charge in [0, 0.05) is 19.5 Å². The Labute approximate surface area is 224 Å². The first-order valence-corrected chi connectivity index (χ1v) is 13.5. The molecule has 38 heavy (non-hydrogen) atoms. The molecule has 4 atom stereocenters. The highest BCUT2D eigenvalue weighted by molar-refractivity contribution is 6.42. The molecule has 3 fully saturated rings. The molecule has 5 N–H and O–H groups in total. The molecule has 1 heterocycles. The fourth-order valence-electron chi connectivity index (χ4n) is 6.12. The maximum atomic E-state index is 13.9. The van der Waals surface area contributed by atoms with Crippen molar-refractivity contribution in [1.82, 2.24) is 20.9 Å². The monoisotopic (exact) mass is 525 g/mol. The molecule has 0 spiro atoms.